The quantitative estimate of drug-likeness (QED) is 0.456. The van der Waals surface area contributed by atoms with Crippen LogP contribution in [0.3, 0.4) is 0 Å². The smallest absolute Gasteiger partial charge is 0.329 e. The van der Waals surface area contributed by atoms with Crippen LogP contribution in [0.1, 0.15) is 38.8 Å². The standard InChI is InChI=1S/C14H20N2O5/c1-5-12(14(18)21-8-9(2)3)15-7-11(16(19)20)6-10(4)13(15)17/h6-7,9,12H,5,8H2,1-4H3. The summed E-state index contributed by atoms with van der Waals surface area (Å²) in [5.74, 6) is -0.372. The summed E-state index contributed by atoms with van der Waals surface area (Å²) in [4.78, 5) is 34.5. The Hall–Kier alpha value is -2.18. The number of hydrogen-bond acceptors (Lipinski definition) is 5. The summed E-state index contributed by atoms with van der Waals surface area (Å²) in [6.45, 7) is 7.26. The normalized spacial score (nSPS) is 12.2. The fourth-order valence-corrected chi connectivity index (χ4v) is 1.88. The Labute approximate surface area is 122 Å². The van der Waals surface area contributed by atoms with Gasteiger partial charge in [0.25, 0.3) is 11.2 Å². The van der Waals surface area contributed by atoms with E-state index in [2.05, 4.69) is 0 Å². The van der Waals surface area contributed by atoms with Gasteiger partial charge in [-0.3, -0.25) is 19.5 Å². The first kappa shape index (κ1) is 16.9. The van der Waals surface area contributed by atoms with E-state index in [0.29, 0.717) is 6.42 Å². The van der Waals surface area contributed by atoms with Crippen molar-refractivity contribution in [2.75, 3.05) is 6.61 Å². The molecule has 0 aliphatic rings. The first-order valence-electron chi connectivity index (χ1n) is 6.81. The highest BCUT2D eigenvalue weighted by Gasteiger charge is 2.24. The van der Waals surface area contributed by atoms with Crippen molar-refractivity contribution in [3.63, 3.8) is 0 Å². The largest absolute Gasteiger partial charge is 0.464 e. The van der Waals surface area contributed by atoms with E-state index in [1.165, 1.54) is 13.0 Å². The zero-order valence-electron chi connectivity index (χ0n) is 12.7. The van der Waals surface area contributed by atoms with Gasteiger partial charge in [-0.2, -0.15) is 0 Å². The van der Waals surface area contributed by atoms with Crippen molar-refractivity contribution in [2.45, 2.75) is 40.2 Å². The van der Waals surface area contributed by atoms with E-state index in [1.807, 2.05) is 13.8 Å². The molecule has 7 nitrogen and oxygen atoms in total. The number of hydrogen-bond donors (Lipinski definition) is 0. The molecular formula is C14H20N2O5. The number of nitrogens with zero attached hydrogens (tertiary/aromatic N) is 2. The lowest BCUT2D eigenvalue weighted by atomic mass is 10.2. The van der Waals surface area contributed by atoms with Crippen molar-refractivity contribution in [1.82, 2.24) is 4.57 Å². The summed E-state index contributed by atoms with van der Waals surface area (Å²) in [5, 5.41) is 10.9. The number of carbonyl (C=O) groups excluding carboxylic acids is 1. The zero-order chi connectivity index (χ0) is 16.2. The SMILES string of the molecule is CCC(C(=O)OCC(C)C)n1cc([N+](=O)[O-])cc(C)c1=O. The fraction of sp³-hybridized carbons (Fsp3) is 0.571. The molecule has 0 spiro atoms. The first-order valence-corrected chi connectivity index (χ1v) is 6.81. The third kappa shape index (κ3) is 4.14. The van der Waals surface area contributed by atoms with Crippen molar-refractivity contribution in [2.24, 2.45) is 5.92 Å². The zero-order valence-corrected chi connectivity index (χ0v) is 12.7. The molecule has 0 N–H and O–H groups in total. The van der Waals surface area contributed by atoms with Gasteiger partial charge in [0.05, 0.1) is 17.7 Å². The van der Waals surface area contributed by atoms with Crippen LogP contribution in [0.15, 0.2) is 17.1 Å². The van der Waals surface area contributed by atoms with Gasteiger partial charge in [0.1, 0.15) is 6.04 Å². The van der Waals surface area contributed by atoms with Crippen LogP contribution in [-0.4, -0.2) is 22.1 Å². The van der Waals surface area contributed by atoms with Crippen LogP contribution in [-0.2, 0) is 9.53 Å². The Morgan fingerprint density at radius 3 is 2.57 bits per heavy atom. The lowest BCUT2D eigenvalue weighted by Gasteiger charge is -2.18. The van der Waals surface area contributed by atoms with Crippen LogP contribution in [0.2, 0.25) is 0 Å². The van der Waals surface area contributed by atoms with Crippen LogP contribution in [0.25, 0.3) is 0 Å². The monoisotopic (exact) mass is 296 g/mol. The minimum absolute atomic E-state index is 0.176. The van der Waals surface area contributed by atoms with E-state index in [-0.39, 0.29) is 23.8 Å². The molecule has 1 atom stereocenters. The van der Waals surface area contributed by atoms with E-state index >= 15 is 0 Å². The van der Waals surface area contributed by atoms with Gasteiger partial charge in [-0.1, -0.05) is 20.8 Å². The average molecular weight is 296 g/mol. The second-order valence-electron chi connectivity index (χ2n) is 5.30. The van der Waals surface area contributed by atoms with E-state index in [0.717, 1.165) is 10.8 Å². The molecule has 0 amide bonds. The van der Waals surface area contributed by atoms with Gasteiger partial charge in [0.2, 0.25) is 0 Å². The molecule has 0 bridgehead atoms. The molecule has 0 aliphatic carbocycles. The van der Waals surface area contributed by atoms with E-state index < -0.39 is 22.5 Å². The molecule has 21 heavy (non-hydrogen) atoms. The minimum atomic E-state index is -0.852. The summed E-state index contributed by atoms with van der Waals surface area (Å²) in [6.07, 6.45) is 1.41. The van der Waals surface area contributed by atoms with Gasteiger partial charge < -0.3 is 4.74 Å². The molecule has 0 saturated carbocycles. The number of carbonyl (C=O) groups is 1. The Morgan fingerprint density at radius 2 is 2.10 bits per heavy atom. The average Bonchev–Trinajstić information content (AvgIpc) is 2.41. The number of aromatic nitrogens is 1. The predicted molar refractivity (Wildman–Crippen MR) is 77.2 cm³/mol. The molecule has 1 unspecified atom stereocenters. The van der Waals surface area contributed by atoms with Crippen molar-refractivity contribution in [3.8, 4) is 0 Å². The van der Waals surface area contributed by atoms with Gasteiger partial charge in [-0.05, 0) is 19.3 Å². The lowest BCUT2D eigenvalue weighted by Crippen LogP contribution is -2.32. The molecule has 7 heteroatoms. The lowest BCUT2D eigenvalue weighted by molar-refractivity contribution is -0.385. The number of rotatable bonds is 6. The number of ether oxygens (including phenoxy) is 1. The van der Waals surface area contributed by atoms with E-state index in [1.54, 1.807) is 6.92 Å². The van der Waals surface area contributed by atoms with Gasteiger partial charge in [-0.25, -0.2) is 4.79 Å². The molecule has 0 aliphatic heterocycles. The van der Waals surface area contributed by atoms with Crippen LogP contribution in [0.4, 0.5) is 5.69 Å². The number of nitro groups is 1. The van der Waals surface area contributed by atoms with Gasteiger partial charge in [0.15, 0.2) is 0 Å². The molecule has 1 aromatic heterocycles. The Balaban J connectivity index is 3.18. The Bertz CT molecular complexity index is 592. The maximum Gasteiger partial charge on any atom is 0.329 e. The fourth-order valence-electron chi connectivity index (χ4n) is 1.88. The highest BCUT2D eigenvalue weighted by Crippen LogP contribution is 2.17. The topological polar surface area (TPSA) is 91.4 Å². The number of pyridine rings is 1. The maximum atomic E-state index is 12.1. The summed E-state index contributed by atoms with van der Waals surface area (Å²) < 4.78 is 6.23. The van der Waals surface area contributed by atoms with Crippen molar-refractivity contribution >= 4 is 11.7 Å². The molecule has 0 radical (unpaired) electrons. The van der Waals surface area contributed by atoms with Crippen molar-refractivity contribution in [1.29, 1.82) is 0 Å². The molecule has 116 valence electrons. The number of aryl methyl sites for hydroxylation is 1. The highest BCUT2D eigenvalue weighted by molar-refractivity contribution is 5.74. The van der Waals surface area contributed by atoms with Crippen LogP contribution >= 0.6 is 0 Å². The highest BCUT2D eigenvalue weighted by atomic mass is 16.6. The molecule has 1 rings (SSSR count). The van der Waals surface area contributed by atoms with E-state index in [9.17, 15) is 19.7 Å². The summed E-state index contributed by atoms with van der Waals surface area (Å²) in [7, 11) is 0. The summed E-state index contributed by atoms with van der Waals surface area (Å²) in [5.41, 5.74) is -0.421. The molecule has 0 saturated heterocycles. The molecule has 0 fully saturated rings. The van der Waals surface area contributed by atoms with Crippen LogP contribution < -0.4 is 5.56 Å². The third-order valence-electron chi connectivity index (χ3n) is 2.97. The molecule has 1 aromatic rings. The molecule has 1 heterocycles. The van der Waals surface area contributed by atoms with Crippen molar-refractivity contribution < 1.29 is 14.5 Å². The number of esters is 1. The van der Waals surface area contributed by atoms with Gasteiger partial charge in [0, 0.05) is 11.6 Å². The first-order chi connectivity index (χ1) is 9.77. The summed E-state index contributed by atoms with van der Waals surface area (Å²) >= 11 is 0. The van der Waals surface area contributed by atoms with Crippen molar-refractivity contribution in [3.05, 3.63) is 38.3 Å². The third-order valence-corrected chi connectivity index (χ3v) is 2.97. The second-order valence-corrected chi connectivity index (χ2v) is 5.30. The summed E-state index contributed by atoms with van der Waals surface area (Å²) in [6, 6.07) is 0.347. The minimum Gasteiger partial charge on any atom is -0.464 e. The predicted octanol–water partition coefficient (Wildman–Crippen LogP) is 2.22. The molecule has 0 aromatic carbocycles. The van der Waals surface area contributed by atoms with Gasteiger partial charge >= 0.3 is 5.97 Å². The van der Waals surface area contributed by atoms with Crippen LogP contribution in [0, 0.1) is 23.0 Å². The van der Waals surface area contributed by atoms with Crippen LogP contribution in [0.5, 0.6) is 0 Å². The van der Waals surface area contributed by atoms with E-state index in [4.69, 9.17) is 4.74 Å². The molecular weight excluding hydrogens is 276 g/mol. The van der Waals surface area contributed by atoms with Gasteiger partial charge in [-0.15, -0.1) is 0 Å². The Kier molecular flexibility index (Phi) is 5.63. The second kappa shape index (κ2) is 7.01. The maximum absolute atomic E-state index is 12.1. The Morgan fingerprint density at radius 1 is 1.48 bits per heavy atom.